The van der Waals surface area contributed by atoms with Gasteiger partial charge in [0.2, 0.25) is 0 Å². The first-order chi connectivity index (χ1) is 12.8. The van der Waals surface area contributed by atoms with Crippen molar-refractivity contribution in [1.29, 1.82) is 0 Å². The lowest BCUT2D eigenvalue weighted by atomic mass is 10.1. The third-order valence-electron chi connectivity index (χ3n) is 3.51. The van der Waals surface area contributed by atoms with Gasteiger partial charge in [-0.05, 0) is 30.7 Å². The maximum atomic E-state index is 12.9. The number of benzene rings is 2. The number of nitrogens with one attached hydrogen (secondary N) is 1. The minimum absolute atomic E-state index is 0.298. The van der Waals surface area contributed by atoms with Crippen LogP contribution in [0.2, 0.25) is 0 Å². The molecule has 2 aromatic carbocycles. The van der Waals surface area contributed by atoms with Gasteiger partial charge in [0.15, 0.2) is 12.7 Å². The standard InChI is InChI=1S/C19H18F3NO4/c1-2-16(27-13-8-4-3-5-9-13)18(25)26-12-17(24)23-15-11-7-6-10-14(15)19(20,21)22/h3-11,16H,2,12H2,1H3,(H,23,24)/t16-/m0/s1. The first kappa shape index (κ1) is 20.3. The van der Waals surface area contributed by atoms with Gasteiger partial charge in [-0.15, -0.1) is 0 Å². The molecule has 0 fully saturated rings. The van der Waals surface area contributed by atoms with Crippen molar-refractivity contribution >= 4 is 17.6 Å². The van der Waals surface area contributed by atoms with Gasteiger partial charge in [-0.2, -0.15) is 13.2 Å². The molecule has 0 aromatic heterocycles. The number of alkyl halides is 3. The maximum Gasteiger partial charge on any atom is 0.418 e. The van der Waals surface area contributed by atoms with Crippen molar-refractivity contribution in [3.8, 4) is 5.75 Å². The molecule has 0 saturated heterocycles. The molecule has 0 radical (unpaired) electrons. The predicted octanol–water partition coefficient (Wildman–Crippen LogP) is 4.04. The summed E-state index contributed by atoms with van der Waals surface area (Å²) in [5.41, 5.74) is -1.39. The van der Waals surface area contributed by atoms with Crippen molar-refractivity contribution in [3.63, 3.8) is 0 Å². The molecule has 0 aliphatic carbocycles. The number of hydrogen-bond donors (Lipinski definition) is 1. The molecule has 2 aromatic rings. The van der Waals surface area contributed by atoms with Crippen LogP contribution in [0, 0.1) is 0 Å². The predicted molar refractivity (Wildman–Crippen MR) is 92.2 cm³/mol. The van der Waals surface area contributed by atoms with Crippen molar-refractivity contribution in [2.45, 2.75) is 25.6 Å². The summed E-state index contributed by atoms with van der Waals surface area (Å²) in [6.07, 6.45) is -5.24. The van der Waals surface area contributed by atoms with Gasteiger partial charge >= 0.3 is 12.1 Å². The molecule has 5 nitrogen and oxygen atoms in total. The maximum absolute atomic E-state index is 12.9. The number of para-hydroxylation sites is 2. The van der Waals surface area contributed by atoms with E-state index in [1.54, 1.807) is 37.3 Å². The molecule has 2 rings (SSSR count). The molecule has 1 N–H and O–H groups in total. The highest BCUT2D eigenvalue weighted by atomic mass is 19.4. The Morgan fingerprint density at radius 1 is 1.04 bits per heavy atom. The zero-order chi connectivity index (χ0) is 19.9. The van der Waals surface area contributed by atoms with Crippen LogP contribution in [0.5, 0.6) is 5.75 Å². The molecule has 27 heavy (non-hydrogen) atoms. The lowest BCUT2D eigenvalue weighted by molar-refractivity contribution is -0.154. The highest BCUT2D eigenvalue weighted by Gasteiger charge is 2.33. The van der Waals surface area contributed by atoms with E-state index in [4.69, 9.17) is 9.47 Å². The Morgan fingerprint density at radius 2 is 1.67 bits per heavy atom. The van der Waals surface area contributed by atoms with Gasteiger partial charge < -0.3 is 14.8 Å². The van der Waals surface area contributed by atoms with E-state index in [-0.39, 0.29) is 0 Å². The summed E-state index contributed by atoms with van der Waals surface area (Å²) in [5, 5.41) is 2.10. The highest BCUT2D eigenvalue weighted by Crippen LogP contribution is 2.34. The number of carbonyl (C=O) groups is 2. The Labute approximate surface area is 154 Å². The number of carbonyl (C=O) groups excluding carboxylic acids is 2. The first-order valence-electron chi connectivity index (χ1n) is 8.15. The van der Waals surface area contributed by atoms with Crippen molar-refractivity contribution < 1.29 is 32.2 Å². The number of halogens is 3. The lowest BCUT2D eigenvalue weighted by Crippen LogP contribution is -2.31. The Bertz CT molecular complexity index is 778. The third-order valence-corrected chi connectivity index (χ3v) is 3.51. The number of ether oxygens (including phenoxy) is 2. The van der Waals surface area contributed by atoms with Gasteiger partial charge in [-0.25, -0.2) is 4.79 Å². The summed E-state index contributed by atoms with van der Waals surface area (Å²) < 4.78 is 49.1. The molecule has 0 unspecified atom stereocenters. The Kier molecular flexibility index (Phi) is 6.81. The highest BCUT2D eigenvalue weighted by molar-refractivity contribution is 5.93. The zero-order valence-electron chi connectivity index (χ0n) is 14.5. The van der Waals surface area contributed by atoms with Crippen molar-refractivity contribution in [2.75, 3.05) is 11.9 Å². The van der Waals surface area contributed by atoms with Crippen LogP contribution in [0.4, 0.5) is 18.9 Å². The van der Waals surface area contributed by atoms with Crippen LogP contribution in [-0.2, 0) is 20.5 Å². The fourth-order valence-corrected chi connectivity index (χ4v) is 2.22. The van der Waals surface area contributed by atoms with E-state index in [1.165, 1.54) is 12.1 Å². The molecule has 0 aliphatic heterocycles. The van der Waals surface area contributed by atoms with E-state index in [9.17, 15) is 22.8 Å². The zero-order valence-corrected chi connectivity index (χ0v) is 14.5. The van der Waals surface area contributed by atoms with Crippen molar-refractivity contribution in [1.82, 2.24) is 0 Å². The van der Waals surface area contributed by atoms with Crippen LogP contribution in [0.1, 0.15) is 18.9 Å². The second-order valence-corrected chi connectivity index (χ2v) is 5.53. The lowest BCUT2D eigenvalue weighted by Gasteiger charge is -2.17. The molecule has 8 heteroatoms. The topological polar surface area (TPSA) is 64.6 Å². The van der Waals surface area contributed by atoms with Gasteiger partial charge in [0.1, 0.15) is 5.75 Å². The fraction of sp³-hybridized carbons (Fsp3) is 0.263. The number of esters is 1. The summed E-state index contributed by atoms with van der Waals surface area (Å²) in [6.45, 7) is 0.980. The average Bonchev–Trinajstić information content (AvgIpc) is 2.64. The Balaban J connectivity index is 1.92. The second kappa shape index (κ2) is 9.07. The molecule has 1 amide bonds. The largest absolute Gasteiger partial charge is 0.479 e. The molecule has 0 bridgehead atoms. The molecule has 144 valence electrons. The molecular weight excluding hydrogens is 363 g/mol. The number of hydrogen-bond acceptors (Lipinski definition) is 4. The Hall–Kier alpha value is -3.03. The number of anilines is 1. The third kappa shape index (κ3) is 6.02. The minimum atomic E-state index is -4.61. The van der Waals surface area contributed by atoms with Gasteiger partial charge in [0.05, 0.1) is 11.3 Å². The molecule has 0 heterocycles. The normalized spacial score (nSPS) is 12.1. The van der Waals surface area contributed by atoms with E-state index in [1.807, 2.05) is 0 Å². The summed E-state index contributed by atoms with van der Waals surface area (Å²) in [7, 11) is 0. The van der Waals surface area contributed by atoms with E-state index in [2.05, 4.69) is 5.32 Å². The van der Waals surface area contributed by atoms with Gasteiger partial charge in [0, 0.05) is 0 Å². The van der Waals surface area contributed by atoms with Crippen LogP contribution in [0.3, 0.4) is 0 Å². The summed E-state index contributed by atoms with van der Waals surface area (Å²) >= 11 is 0. The minimum Gasteiger partial charge on any atom is -0.479 e. The quantitative estimate of drug-likeness (QED) is 0.735. The smallest absolute Gasteiger partial charge is 0.418 e. The van der Waals surface area contributed by atoms with Crippen molar-refractivity contribution in [2.24, 2.45) is 0 Å². The molecule has 0 saturated carbocycles. The van der Waals surface area contributed by atoms with Crippen LogP contribution in [0.25, 0.3) is 0 Å². The molecular formula is C19H18F3NO4. The van der Waals surface area contributed by atoms with E-state index in [0.717, 1.165) is 12.1 Å². The van der Waals surface area contributed by atoms with Gasteiger partial charge in [-0.1, -0.05) is 37.3 Å². The monoisotopic (exact) mass is 381 g/mol. The van der Waals surface area contributed by atoms with Gasteiger partial charge in [-0.3, -0.25) is 4.79 Å². The first-order valence-corrected chi connectivity index (χ1v) is 8.15. The van der Waals surface area contributed by atoms with E-state index in [0.29, 0.717) is 12.2 Å². The van der Waals surface area contributed by atoms with Gasteiger partial charge in [0.25, 0.3) is 5.91 Å². The summed E-state index contributed by atoms with van der Waals surface area (Å²) in [5.74, 6) is -1.19. The van der Waals surface area contributed by atoms with E-state index < -0.39 is 42.0 Å². The summed E-state index contributed by atoms with van der Waals surface area (Å²) in [6, 6.07) is 13.1. The molecule has 0 spiro atoms. The number of amides is 1. The van der Waals surface area contributed by atoms with Crippen LogP contribution in [0.15, 0.2) is 54.6 Å². The Morgan fingerprint density at radius 3 is 2.30 bits per heavy atom. The van der Waals surface area contributed by atoms with Crippen LogP contribution >= 0.6 is 0 Å². The summed E-state index contributed by atoms with van der Waals surface area (Å²) in [4.78, 5) is 23.9. The van der Waals surface area contributed by atoms with Crippen molar-refractivity contribution in [3.05, 3.63) is 60.2 Å². The molecule has 0 aliphatic rings. The van der Waals surface area contributed by atoms with E-state index >= 15 is 0 Å². The SMILES string of the molecule is CC[C@H](Oc1ccccc1)C(=O)OCC(=O)Nc1ccccc1C(F)(F)F. The van der Waals surface area contributed by atoms with Crippen LogP contribution in [-0.4, -0.2) is 24.6 Å². The molecule has 1 atom stereocenters. The fourth-order valence-electron chi connectivity index (χ4n) is 2.22. The average molecular weight is 381 g/mol. The number of rotatable bonds is 7. The van der Waals surface area contributed by atoms with Crippen LogP contribution < -0.4 is 10.1 Å². The second-order valence-electron chi connectivity index (χ2n) is 5.53.